The normalized spacial score (nSPS) is 16.4. The molecule has 1 heterocycles. The van der Waals surface area contributed by atoms with Crippen molar-refractivity contribution in [3.63, 3.8) is 0 Å². The SMILES string of the molecule is Cc1cccc(C)c1NC(=O)C(c1ccc(Cl)cc1)N1CCOCC1. The molecule has 1 unspecified atom stereocenters. The number of carbonyl (C=O) groups is 1. The van der Waals surface area contributed by atoms with Gasteiger partial charge in [0, 0.05) is 23.8 Å². The van der Waals surface area contributed by atoms with Gasteiger partial charge in [-0.25, -0.2) is 0 Å². The number of amides is 1. The molecule has 0 saturated carbocycles. The monoisotopic (exact) mass is 358 g/mol. The number of aryl methyl sites for hydroxylation is 2. The molecule has 1 N–H and O–H groups in total. The third-order valence-corrected chi connectivity index (χ3v) is 4.83. The van der Waals surface area contributed by atoms with Gasteiger partial charge in [0.15, 0.2) is 0 Å². The van der Waals surface area contributed by atoms with Gasteiger partial charge < -0.3 is 10.1 Å². The first-order valence-corrected chi connectivity index (χ1v) is 8.88. The molecule has 1 atom stereocenters. The Balaban J connectivity index is 1.90. The van der Waals surface area contributed by atoms with Crippen LogP contribution in [-0.4, -0.2) is 37.1 Å². The summed E-state index contributed by atoms with van der Waals surface area (Å²) < 4.78 is 5.45. The average molecular weight is 359 g/mol. The van der Waals surface area contributed by atoms with Crippen molar-refractivity contribution in [1.82, 2.24) is 4.90 Å². The molecule has 2 aromatic rings. The molecule has 1 saturated heterocycles. The zero-order valence-electron chi connectivity index (χ0n) is 14.6. The van der Waals surface area contributed by atoms with Gasteiger partial charge in [-0.15, -0.1) is 0 Å². The molecule has 0 aromatic heterocycles. The summed E-state index contributed by atoms with van der Waals surface area (Å²) in [6.07, 6.45) is 0. The second-order valence-electron chi connectivity index (χ2n) is 6.36. The number of benzene rings is 2. The van der Waals surface area contributed by atoms with Crippen LogP contribution < -0.4 is 5.32 Å². The fourth-order valence-electron chi connectivity index (χ4n) is 3.21. The summed E-state index contributed by atoms with van der Waals surface area (Å²) in [5, 5.41) is 3.80. The van der Waals surface area contributed by atoms with Crippen molar-refractivity contribution in [3.05, 3.63) is 64.2 Å². The fraction of sp³-hybridized carbons (Fsp3) is 0.350. The predicted octanol–water partition coefficient (Wildman–Crippen LogP) is 3.97. The maximum atomic E-state index is 13.2. The van der Waals surface area contributed by atoms with E-state index in [9.17, 15) is 4.79 Å². The smallest absolute Gasteiger partial charge is 0.246 e. The number of hydrogen-bond acceptors (Lipinski definition) is 3. The van der Waals surface area contributed by atoms with E-state index in [-0.39, 0.29) is 11.9 Å². The summed E-state index contributed by atoms with van der Waals surface area (Å²) in [5.41, 5.74) is 3.95. The Kier molecular flexibility index (Phi) is 5.74. The van der Waals surface area contributed by atoms with Crippen molar-refractivity contribution >= 4 is 23.2 Å². The van der Waals surface area contributed by atoms with Gasteiger partial charge in [-0.2, -0.15) is 0 Å². The van der Waals surface area contributed by atoms with Gasteiger partial charge in [0.1, 0.15) is 6.04 Å². The topological polar surface area (TPSA) is 41.6 Å². The van der Waals surface area contributed by atoms with Crippen molar-refractivity contribution < 1.29 is 9.53 Å². The zero-order valence-corrected chi connectivity index (χ0v) is 15.3. The Bertz CT molecular complexity index is 720. The lowest BCUT2D eigenvalue weighted by molar-refractivity contribution is -0.123. The number of ether oxygens (including phenoxy) is 1. The van der Waals surface area contributed by atoms with Crippen LogP contribution in [-0.2, 0) is 9.53 Å². The van der Waals surface area contributed by atoms with Crippen molar-refractivity contribution in [2.24, 2.45) is 0 Å². The van der Waals surface area contributed by atoms with Crippen molar-refractivity contribution in [2.75, 3.05) is 31.6 Å². The molecule has 0 aliphatic carbocycles. The molecule has 0 bridgehead atoms. The minimum atomic E-state index is -0.361. The number of rotatable bonds is 4. The van der Waals surface area contributed by atoms with Crippen molar-refractivity contribution in [1.29, 1.82) is 0 Å². The Hall–Kier alpha value is -1.88. The van der Waals surface area contributed by atoms with E-state index < -0.39 is 0 Å². The van der Waals surface area contributed by atoms with E-state index in [2.05, 4.69) is 10.2 Å². The van der Waals surface area contributed by atoms with Crippen LogP contribution in [0.25, 0.3) is 0 Å². The van der Waals surface area contributed by atoms with Crippen LogP contribution in [0.5, 0.6) is 0 Å². The highest BCUT2D eigenvalue weighted by atomic mass is 35.5. The molecule has 4 nitrogen and oxygen atoms in total. The highest BCUT2D eigenvalue weighted by Crippen LogP contribution is 2.27. The third-order valence-electron chi connectivity index (χ3n) is 4.57. The van der Waals surface area contributed by atoms with Crippen LogP contribution in [0, 0.1) is 13.8 Å². The molecule has 2 aromatic carbocycles. The lowest BCUT2D eigenvalue weighted by Crippen LogP contribution is -2.44. The number of para-hydroxylation sites is 1. The van der Waals surface area contributed by atoms with Gasteiger partial charge in [-0.1, -0.05) is 41.9 Å². The summed E-state index contributed by atoms with van der Waals surface area (Å²) in [5.74, 6) is -0.0263. The van der Waals surface area contributed by atoms with Crippen LogP contribution in [0.4, 0.5) is 5.69 Å². The maximum absolute atomic E-state index is 13.2. The van der Waals surface area contributed by atoms with Gasteiger partial charge in [-0.05, 0) is 42.7 Å². The number of nitrogens with zero attached hydrogens (tertiary/aromatic N) is 1. The highest BCUT2D eigenvalue weighted by molar-refractivity contribution is 6.30. The van der Waals surface area contributed by atoms with Crippen LogP contribution in [0.1, 0.15) is 22.7 Å². The summed E-state index contributed by atoms with van der Waals surface area (Å²) in [7, 11) is 0. The zero-order chi connectivity index (χ0) is 17.8. The highest BCUT2D eigenvalue weighted by Gasteiger charge is 2.29. The van der Waals surface area contributed by atoms with Crippen molar-refractivity contribution in [3.8, 4) is 0 Å². The molecular weight excluding hydrogens is 336 g/mol. The largest absolute Gasteiger partial charge is 0.379 e. The Labute approximate surface area is 153 Å². The Morgan fingerprint density at radius 2 is 1.68 bits per heavy atom. The van der Waals surface area contributed by atoms with Gasteiger partial charge in [0.2, 0.25) is 5.91 Å². The average Bonchev–Trinajstić information content (AvgIpc) is 2.61. The fourth-order valence-corrected chi connectivity index (χ4v) is 3.34. The van der Waals surface area contributed by atoms with E-state index in [4.69, 9.17) is 16.3 Å². The molecule has 1 fully saturated rings. The van der Waals surface area contributed by atoms with E-state index in [1.807, 2.05) is 56.3 Å². The van der Waals surface area contributed by atoms with E-state index in [1.165, 1.54) is 0 Å². The molecule has 25 heavy (non-hydrogen) atoms. The number of nitrogens with one attached hydrogen (secondary N) is 1. The minimum absolute atomic E-state index is 0.0263. The number of halogens is 1. The number of morpholine rings is 1. The molecule has 0 spiro atoms. The van der Waals surface area contributed by atoms with Gasteiger partial charge in [-0.3, -0.25) is 9.69 Å². The molecule has 1 amide bonds. The summed E-state index contributed by atoms with van der Waals surface area (Å²) in [6.45, 7) is 6.76. The molecule has 1 aliphatic rings. The number of hydrogen-bond donors (Lipinski definition) is 1. The lowest BCUT2D eigenvalue weighted by atomic mass is 10.0. The maximum Gasteiger partial charge on any atom is 0.246 e. The first-order chi connectivity index (χ1) is 12.1. The number of anilines is 1. The third kappa shape index (κ3) is 4.21. The summed E-state index contributed by atoms with van der Waals surface area (Å²) in [4.78, 5) is 15.3. The first kappa shape index (κ1) is 17.9. The van der Waals surface area contributed by atoms with Crippen LogP contribution in [0.2, 0.25) is 5.02 Å². The second kappa shape index (κ2) is 8.00. The first-order valence-electron chi connectivity index (χ1n) is 8.50. The molecule has 3 rings (SSSR count). The second-order valence-corrected chi connectivity index (χ2v) is 6.79. The van der Waals surface area contributed by atoms with Crippen LogP contribution in [0.15, 0.2) is 42.5 Å². The van der Waals surface area contributed by atoms with Gasteiger partial charge in [0.25, 0.3) is 0 Å². The van der Waals surface area contributed by atoms with E-state index in [1.54, 1.807) is 0 Å². The van der Waals surface area contributed by atoms with E-state index >= 15 is 0 Å². The van der Waals surface area contributed by atoms with Gasteiger partial charge in [0.05, 0.1) is 13.2 Å². The Morgan fingerprint density at radius 3 is 2.28 bits per heavy atom. The van der Waals surface area contributed by atoms with Crippen LogP contribution in [0.3, 0.4) is 0 Å². The Morgan fingerprint density at radius 1 is 1.08 bits per heavy atom. The predicted molar refractivity (Wildman–Crippen MR) is 101 cm³/mol. The quantitative estimate of drug-likeness (QED) is 0.899. The molecule has 1 aliphatic heterocycles. The standard InChI is InChI=1S/C20H23ClN2O2/c1-14-4-3-5-15(2)18(14)22-20(24)19(23-10-12-25-13-11-23)16-6-8-17(21)9-7-16/h3-9,19H,10-13H2,1-2H3,(H,22,24). The van der Waals surface area contributed by atoms with Crippen molar-refractivity contribution in [2.45, 2.75) is 19.9 Å². The minimum Gasteiger partial charge on any atom is -0.379 e. The molecule has 5 heteroatoms. The summed E-state index contributed by atoms with van der Waals surface area (Å²) >= 11 is 6.02. The molecule has 132 valence electrons. The molecular formula is C20H23ClN2O2. The van der Waals surface area contributed by atoms with E-state index in [0.29, 0.717) is 18.2 Å². The molecule has 0 radical (unpaired) electrons. The number of carbonyl (C=O) groups excluding carboxylic acids is 1. The van der Waals surface area contributed by atoms with Crippen LogP contribution >= 0.6 is 11.6 Å². The van der Waals surface area contributed by atoms with Gasteiger partial charge >= 0.3 is 0 Å². The summed E-state index contributed by atoms with van der Waals surface area (Å²) in [6, 6.07) is 13.2. The van der Waals surface area contributed by atoms with E-state index in [0.717, 1.165) is 35.5 Å². The lowest BCUT2D eigenvalue weighted by Gasteiger charge is -2.34.